The number of amides is 2. The smallest absolute Gasteiger partial charge is 0.325 e. The summed E-state index contributed by atoms with van der Waals surface area (Å²) in [5.74, 6) is -1.21. The minimum atomic E-state index is -0.712. The summed E-state index contributed by atoms with van der Waals surface area (Å²) in [4.78, 5) is 36.3. The van der Waals surface area contributed by atoms with Crippen molar-refractivity contribution < 1.29 is 23.9 Å². The van der Waals surface area contributed by atoms with Crippen LogP contribution in [0.4, 0.5) is 0 Å². The number of esters is 1. The first kappa shape index (κ1) is 21.8. The molecule has 0 saturated carbocycles. The zero-order valence-corrected chi connectivity index (χ0v) is 17.4. The maximum absolute atomic E-state index is 12.2. The first-order valence-corrected chi connectivity index (χ1v) is 9.83. The largest absolute Gasteiger partial charge is 0.496 e. The Bertz CT molecular complexity index is 1090. The van der Waals surface area contributed by atoms with Crippen molar-refractivity contribution in [3.8, 4) is 5.75 Å². The van der Waals surface area contributed by atoms with Crippen LogP contribution in [0.15, 0.2) is 66.7 Å². The van der Waals surface area contributed by atoms with E-state index in [0.717, 1.165) is 16.3 Å². The zero-order valence-electron chi connectivity index (χ0n) is 17.4. The third kappa shape index (κ3) is 5.60. The minimum Gasteiger partial charge on any atom is -0.496 e. The van der Waals surface area contributed by atoms with E-state index in [1.807, 2.05) is 49.4 Å². The molecule has 0 saturated heterocycles. The molecule has 0 aliphatic rings. The summed E-state index contributed by atoms with van der Waals surface area (Å²) < 4.78 is 10.1. The Morgan fingerprint density at radius 1 is 0.935 bits per heavy atom. The molecule has 0 bridgehead atoms. The highest BCUT2D eigenvalue weighted by Gasteiger charge is 2.16. The number of para-hydroxylation sites is 1. The Balaban J connectivity index is 1.48. The molecule has 3 aromatic rings. The number of carbonyl (C=O) groups is 3. The lowest BCUT2D eigenvalue weighted by molar-refractivity contribution is -0.147. The summed E-state index contributed by atoms with van der Waals surface area (Å²) in [5, 5.41) is 7.42. The van der Waals surface area contributed by atoms with Crippen LogP contribution in [0.5, 0.6) is 5.75 Å². The fourth-order valence-corrected chi connectivity index (χ4v) is 3.27. The third-order valence-corrected chi connectivity index (χ3v) is 4.78. The number of rotatable bonds is 8. The summed E-state index contributed by atoms with van der Waals surface area (Å²) >= 11 is 0. The molecule has 1 atom stereocenters. The van der Waals surface area contributed by atoms with E-state index in [4.69, 9.17) is 9.47 Å². The zero-order chi connectivity index (χ0) is 22.2. The Hall–Kier alpha value is -3.87. The van der Waals surface area contributed by atoms with Crippen LogP contribution in [0.25, 0.3) is 10.8 Å². The normalized spacial score (nSPS) is 11.4. The van der Waals surface area contributed by atoms with E-state index in [-0.39, 0.29) is 12.6 Å². The van der Waals surface area contributed by atoms with Crippen LogP contribution in [0, 0.1) is 0 Å². The summed E-state index contributed by atoms with van der Waals surface area (Å²) in [7, 11) is 1.46. The van der Waals surface area contributed by atoms with Gasteiger partial charge in [0.1, 0.15) is 12.3 Å². The molecule has 160 valence electrons. The number of ether oxygens (including phenoxy) is 2. The fraction of sp³-hybridized carbons (Fsp3) is 0.208. The van der Waals surface area contributed by atoms with Gasteiger partial charge < -0.3 is 20.1 Å². The van der Waals surface area contributed by atoms with E-state index in [1.165, 1.54) is 7.11 Å². The second-order valence-corrected chi connectivity index (χ2v) is 6.90. The molecule has 7 heteroatoms. The van der Waals surface area contributed by atoms with Crippen LogP contribution >= 0.6 is 0 Å². The van der Waals surface area contributed by atoms with Gasteiger partial charge >= 0.3 is 5.97 Å². The monoisotopic (exact) mass is 420 g/mol. The fourth-order valence-electron chi connectivity index (χ4n) is 3.27. The predicted octanol–water partition coefficient (Wildman–Crippen LogP) is 3.00. The van der Waals surface area contributed by atoms with Crippen LogP contribution in [0.1, 0.15) is 28.9 Å². The van der Waals surface area contributed by atoms with Crippen LogP contribution < -0.4 is 15.4 Å². The molecule has 3 rings (SSSR count). The van der Waals surface area contributed by atoms with Gasteiger partial charge in [0.2, 0.25) is 0 Å². The molecule has 31 heavy (non-hydrogen) atoms. The highest BCUT2D eigenvalue weighted by Crippen LogP contribution is 2.24. The van der Waals surface area contributed by atoms with E-state index in [9.17, 15) is 14.4 Å². The molecule has 0 aliphatic heterocycles. The molecule has 7 nitrogen and oxygen atoms in total. The number of nitrogens with one attached hydrogen (secondary N) is 2. The standard InChI is InChI=1S/C24H24N2O5/c1-16(18-12-7-9-17-8-3-4-10-19(17)18)26-22(27)15-31-23(28)14-25-24(29)20-11-5-6-13-21(20)30-2/h3-13,16H,14-15H2,1-2H3,(H,25,29)(H,26,27)/t16-/m0/s1. The highest BCUT2D eigenvalue weighted by molar-refractivity contribution is 5.98. The molecule has 0 spiro atoms. The van der Waals surface area contributed by atoms with Crippen molar-refractivity contribution in [2.75, 3.05) is 20.3 Å². The van der Waals surface area contributed by atoms with Gasteiger partial charge in [-0.25, -0.2) is 0 Å². The molecular formula is C24H24N2O5. The van der Waals surface area contributed by atoms with Gasteiger partial charge in [-0.3, -0.25) is 14.4 Å². The van der Waals surface area contributed by atoms with E-state index < -0.39 is 24.4 Å². The molecule has 0 heterocycles. The lowest BCUT2D eigenvalue weighted by Crippen LogP contribution is -2.34. The quantitative estimate of drug-likeness (QED) is 0.547. The van der Waals surface area contributed by atoms with Gasteiger partial charge in [0.05, 0.1) is 18.7 Å². The predicted molar refractivity (Wildman–Crippen MR) is 117 cm³/mol. The van der Waals surface area contributed by atoms with Crippen molar-refractivity contribution in [1.29, 1.82) is 0 Å². The van der Waals surface area contributed by atoms with Gasteiger partial charge in [-0.15, -0.1) is 0 Å². The Morgan fingerprint density at radius 3 is 2.45 bits per heavy atom. The van der Waals surface area contributed by atoms with Crippen molar-refractivity contribution in [2.24, 2.45) is 0 Å². The van der Waals surface area contributed by atoms with E-state index in [2.05, 4.69) is 10.6 Å². The van der Waals surface area contributed by atoms with Gasteiger partial charge in [-0.2, -0.15) is 0 Å². The molecule has 0 radical (unpaired) electrons. The van der Waals surface area contributed by atoms with Crippen LogP contribution in [-0.4, -0.2) is 38.0 Å². The van der Waals surface area contributed by atoms with Gasteiger partial charge in [-0.05, 0) is 35.4 Å². The van der Waals surface area contributed by atoms with E-state index >= 15 is 0 Å². The van der Waals surface area contributed by atoms with Crippen molar-refractivity contribution in [2.45, 2.75) is 13.0 Å². The Morgan fingerprint density at radius 2 is 1.65 bits per heavy atom. The summed E-state index contributed by atoms with van der Waals surface area (Å²) in [6, 6.07) is 20.2. The number of fused-ring (bicyclic) bond motifs is 1. The van der Waals surface area contributed by atoms with Crippen LogP contribution in [0.2, 0.25) is 0 Å². The average molecular weight is 420 g/mol. The SMILES string of the molecule is COc1ccccc1C(=O)NCC(=O)OCC(=O)N[C@@H](C)c1cccc2ccccc12. The maximum atomic E-state index is 12.2. The second-order valence-electron chi connectivity index (χ2n) is 6.90. The van der Waals surface area contributed by atoms with Crippen molar-refractivity contribution in [3.63, 3.8) is 0 Å². The topological polar surface area (TPSA) is 93.7 Å². The van der Waals surface area contributed by atoms with Crippen LogP contribution in [0.3, 0.4) is 0 Å². The number of benzene rings is 3. The van der Waals surface area contributed by atoms with Gasteiger partial charge in [0.15, 0.2) is 6.61 Å². The average Bonchev–Trinajstić information content (AvgIpc) is 2.80. The maximum Gasteiger partial charge on any atom is 0.325 e. The van der Waals surface area contributed by atoms with Crippen molar-refractivity contribution >= 4 is 28.6 Å². The molecule has 3 aromatic carbocycles. The Kier molecular flexibility index (Phi) is 7.22. The third-order valence-electron chi connectivity index (χ3n) is 4.78. The molecule has 2 N–H and O–H groups in total. The number of carbonyl (C=O) groups excluding carboxylic acids is 3. The lowest BCUT2D eigenvalue weighted by Gasteiger charge is -2.16. The molecule has 0 aliphatic carbocycles. The lowest BCUT2D eigenvalue weighted by atomic mass is 10.00. The number of hydrogen-bond donors (Lipinski definition) is 2. The summed E-state index contributed by atoms with van der Waals surface area (Å²) in [6.07, 6.45) is 0. The van der Waals surface area contributed by atoms with Gasteiger partial charge in [0, 0.05) is 0 Å². The highest BCUT2D eigenvalue weighted by atomic mass is 16.5. The molecule has 2 amide bonds. The van der Waals surface area contributed by atoms with Gasteiger partial charge in [-0.1, -0.05) is 54.6 Å². The minimum absolute atomic E-state index is 0.262. The molecule has 0 unspecified atom stereocenters. The molecule has 0 fully saturated rings. The molecular weight excluding hydrogens is 396 g/mol. The van der Waals surface area contributed by atoms with Crippen molar-refractivity contribution in [1.82, 2.24) is 10.6 Å². The van der Waals surface area contributed by atoms with Gasteiger partial charge in [0.25, 0.3) is 11.8 Å². The second kappa shape index (κ2) is 10.2. The summed E-state index contributed by atoms with van der Waals surface area (Å²) in [5.41, 5.74) is 1.28. The van der Waals surface area contributed by atoms with Crippen molar-refractivity contribution in [3.05, 3.63) is 77.9 Å². The summed E-state index contributed by atoms with van der Waals surface area (Å²) in [6.45, 7) is 1.08. The number of hydrogen-bond acceptors (Lipinski definition) is 5. The Labute approximate surface area is 180 Å². The first-order chi connectivity index (χ1) is 15.0. The first-order valence-electron chi connectivity index (χ1n) is 9.83. The molecule has 0 aromatic heterocycles. The van der Waals surface area contributed by atoms with E-state index in [1.54, 1.807) is 24.3 Å². The van der Waals surface area contributed by atoms with E-state index in [0.29, 0.717) is 11.3 Å². The van der Waals surface area contributed by atoms with Crippen LogP contribution in [-0.2, 0) is 14.3 Å². The number of methoxy groups -OCH3 is 1.